The van der Waals surface area contributed by atoms with E-state index >= 15 is 0 Å². The lowest BCUT2D eigenvalue weighted by Crippen LogP contribution is -2.35. The lowest BCUT2D eigenvalue weighted by Gasteiger charge is -2.32. The zero-order chi connectivity index (χ0) is 17.8. The molecule has 1 aliphatic rings. The Morgan fingerprint density at radius 2 is 2.24 bits per heavy atom. The van der Waals surface area contributed by atoms with Crippen LogP contribution in [-0.4, -0.2) is 35.1 Å². The van der Waals surface area contributed by atoms with Gasteiger partial charge in [0.25, 0.3) is 5.56 Å². The number of likely N-dealkylation sites (tertiary alicyclic amines) is 1. The van der Waals surface area contributed by atoms with E-state index in [4.69, 9.17) is 27.9 Å². The highest BCUT2D eigenvalue weighted by atomic mass is 35.5. The fraction of sp³-hybridized carbons (Fsp3) is 0.444. The van der Waals surface area contributed by atoms with Gasteiger partial charge in [-0.05, 0) is 31.0 Å². The molecule has 1 aromatic heterocycles. The molecule has 0 radical (unpaired) electrons. The molecule has 2 aromatic rings. The summed E-state index contributed by atoms with van der Waals surface area (Å²) in [6.07, 6.45) is 2.04. The van der Waals surface area contributed by atoms with E-state index in [1.165, 1.54) is 6.07 Å². The van der Waals surface area contributed by atoms with Crippen LogP contribution in [-0.2, 0) is 17.9 Å². The van der Waals surface area contributed by atoms with Crippen LogP contribution in [0.3, 0.4) is 0 Å². The van der Waals surface area contributed by atoms with Gasteiger partial charge in [-0.1, -0.05) is 35.3 Å². The van der Waals surface area contributed by atoms with Crippen LogP contribution < -0.4 is 5.56 Å². The summed E-state index contributed by atoms with van der Waals surface area (Å²) in [5.74, 6) is 0.928. The minimum atomic E-state index is -0.132. The Kier molecular flexibility index (Phi) is 6.12. The van der Waals surface area contributed by atoms with E-state index in [9.17, 15) is 4.79 Å². The fourth-order valence-corrected chi connectivity index (χ4v) is 3.66. The molecule has 0 bridgehead atoms. The number of H-pyrrole nitrogens is 1. The number of methoxy groups -OCH3 is 1. The van der Waals surface area contributed by atoms with E-state index < -0.39 is 0 Å². The average molecular weight is 382 g/mol. The van der Waals surface area contributed by atoms with Gasteiger partial charge >= 0.3 is 0 Å². The summed E-state index contributed by atoms with van der Waals surface area (Å²) in [4.78, 5) is 21.7. The number of halogens is 2. The zero-order valence-corrected chi connectivity index (χ0v) is 15.6. The van der Waals surface area contributed by atoms with Crippen molar-refractivity contribution in [1.29, 1.82) is 0 Å². The third-order valence-electron chi connectivity index (χ3n) is 4.42. The number of aromatic amines is 1. The molecule has 25 heavy (non-hydrogen) atoms. The maximum Gasteiger partial charge on any atom is 0.251 e. The Bertz CT molecular complexity index is 794. The van der Waals surface area contributed by atoms with Crippen molar-refractivity contribution in [3.8, 4) is 0 Å². The number of benzene rings is 1. The Hall–Kier alpha value is -1.40. The molecule has 2 heterocycles. The Labute approximate surface area is 156 Å². The van der Waals surface area contributed by atoms with Crippen LogP contribution >= 0.6 is 23.2 Å². The second-order valence-electron chi connectivity index (χ2n) is 6.34. The minimum absolute atomic E-state index is 0.132. The molecule has 7 heteroatoms. The van der Waals surface area contributed by atoms with Gasteiger partial charge < -0.3 is 9.72 Å². The van der Waals surface area contributed by atoms with Crippen LogP contribution in [0.15, 0.2) is 29.1 Å². The predicted molar refractivity (Wildman–Crippen MR) is 99.3 cm³/mol. The third-order valence-corrected chi connectivity index (χ3v) is 5.28. The van der Waals surface area contributed by atoms with Crippen molar-refractivity contribution < 1.29 is 4.74 Å². The van der Waals surface area contributed by atoms with Crippen LogP contribution in [0.2, 0.25) is 10.0 Å². The molecule has 1 N–H and O–H groups in total. The van der Waals surface area contributed by atoms with Crippen LogP contribution in [0, 0.1) is 0 Å². The number of hydrogen-bond donors (Lipinski definition) is 1. The number of piperidine rings is 1. The Balaban J connectivity index is 1.75. The van der Waals surface area contributed by atoms with Gasteiger partial charge in [0.2, 0.25) is 0 Å². The van der Waals surface area contributed by atoms with Gasteiger partial charge in [0.1, 0.15) is 5.82 Å². The summed E-state index contributed by atoms with van der Waals surface area (Å²) in [5, 5.41) is 1.19. The molecule has 0 unspecified atom stereocenters. The molecule has 0 saturated carbocycles. The highest BCUT2D eigenvalue weighted by Crippen LogP contribution is 2.29. The van der Waals surface area contributed by atoms with Crippen LogP contribution in [0.5, 0.6) is 0 Å². The van der Waals surface area contributed by atoms with Crippen molar-refractivity contribution in [3.05, 3.63) is 61.7 Å². The molecule has 0 amide bonds. The monoisotopic (exact) mass is 381 g/mol. The standard InChI is InChI=1S/C18H21Cl2N3O2/c1-25-11-14-8-16(24)22-18(21-14)13-5-3-7-23(10-13)9-12-4-2-6-15(19)17(12)20/h2,4,6,8,13H,3,5,7,9-11H2,1H3,(H,21,22,24)/t13-/m0/s1. The van der Waals surface area contributed by atoms with Gasteiger partial charge in [-0.15, -0.1) is 0 Å². The van der Waals surface area contributed by atoms with Gasteiger partial charge in [0, 0.05) is 32.2 Å². The maximum atomic E-state index is 11.9. The molecule has 1 saturated heterocycles. The first kappa shape index (κ1) is 18.4. The molecule has 0 aliphatic carbocycles. The minimum Gasteiger partial charge on any atom is -0.378 e. The molecular weight excluding hydrogens is 361 g/mol. The van der Waals surface area contributed by atoms with E-state index in [0.717, 1.165) is 43.9 Å². The van der Waals surface area contributed by atoms with Gasteiger partial charge in [-0.2, -0.15) is 0 Å². The van der Waals surface area contributed by atoms with Crippen molar-refractivity contribution >= 4 is 23.2 Å². The Morgan fingerprint density at radius 1 is 1.40 bits per heavy atom. The maximum absolute atomic E-state index is 11.9. The van der Waals surface area contributed by atoms with Gasteiger partial charge in [-0.3, -0.25) is 9.69 Å². The number of ether oxygens (including phenoxy) is 1. The van der Waals surface area contributed by atoms with E-state index in [-0.39, 0.29) is 11.5 Å². The van der Waals surface area contributed by atoms with E-state index in [2.05, 4.69) is 14.9 Å². The molecular formula is C18H21Cl2N3O2. The quantitative estimate of drug-likeness (QED) is 0.859. The molecule has 1 fully saturated rings. The zero-order valence-electron chi connectivity index (χ0n) is 14.1. The summed E-state index contributed by atoms with van der Waals surface area (Å²) in [6, 6.07) is 7.19. The number of nitrogens with zero attached hydrogens (tertiary/aromatic N) is 2. The molecule has 5 nitrogen and oxygen atoms in total. The van der Waals surface area contributed by atoms with Gasteiger partial charge in [0.05, 0.1) is 22.3 Å². The summed E-state index contributed by atoms with van der Waals surface area (Å²) in [6.45, 7) is 2.88. The summed E-state index contributed by atoms with van der Waals surface area (Å²) < 4.78 is 5.10. The van der Waals surface area contributed by atoms with Crippen LogP contribution in [0.4, 0.5) is 0 Å². The number of hydrogen-bond acceptors (Lipinski definition) is 4. The first-order valence-electron chi connectivity index (χ1n) is 8.31. The number of aromatic nitrogens is 2. The van der Waals surface area contributed by atoms with Crippen molar-refractivity contribution in [3.63, 3.8) is 0 Å². The number of rotatable bonds is 5. The summed E-state index contributed by atoms with van der Waals surface area (Å²) >= 11 is 12.4. The third kappa shape index (κ3) is 4.61. The van der Waals surface area contributed by atoms with E-state index in [1.807, 2.05) is 12.1 Å². The largest absolute Gasteiger partial charge is 0.378 e. The van der Waals surface area contributed by atoms with Gasteiger partial charge in [-0.25, -0.2) is 4.98 Å². The fourth-order valence-electron chi connectivity index (χ4n) is 3.28. The molecule has 0 spiro atoms. The SMILES string of the molecule is COCc1cc(=O)[nH]c([C@H]2CCCN(Cc3cccc(Cl)c3Cl)C2)n1. The second kappa shape index (κ2) is 8.32. The summed E-state index contributed by atoms with van der Waals surface area (Å²) in [5.41, 5.74) is 1.55. The highest BCUT2D eigenvalue weighted by molar-refractivity contribution is 6.42. The Morgan fingerprint density at radius 3 is 3.04 bits per heavy atom. The van der Waals surface area contributed by atoms with Crippen molar-refractivity contribution in [2.45, 2.75) is 31.9 Å². The topological polar surface area (TPSA) is 58.2 Å². The van der Waals surface area contributed by atoms with Crippen molar-refractivity contribution in [2.24, 2.45) is 0 Å². The second-order valence-corrected chi connectivity index (χ2v) is 7.13. The van der Waals surface area contributed by atoms with Crippen molar-refractivity contribution in [1.82, 2.24) is 14.9 Å². The first-order valence-corrected chi connectivity index (χ1v) is 9.06. The highest BCUT2D eigenvalue weighted by Gasteiger charge is 2.24. The molecule has 1 aromatic carbocycles. The molecule has 1 aliphatic heterocycles. The van der Waals surface area contributed by atoms with Crippen LogP contribution in [0.1, 0.15) is 35.8 Å². The smallest absolute Gasteiger partial charge is 0.251 e. The predicted octanol–water partition coefficient (Wildman–Crippen LogP) is 3.60. The van der Waals surface area contributed by atoms with E-state index in [1.54, 1.807) is 13.2 Å². The van der Waals surface area contributed by atoms with Crippen molar-refractivity contribution in [2.75, 3.05) is 20.2 Å². The normalized spacial score (nSPS) is 18.4. The van der Waals surface area contributed by atoms with Gasteiger partial charge in [0.15, 0.2) is 0 Å². The lowest BCUT2D eigenvalue weighted by molar-refractivity contribution is 0.178. The average Bonchev–Trinajstić information content (AvgIpc) is 2.59. The molecule has 1 atom stereocenters. The first-order chi connectivity index (χ1) is 12.1. The number of nitrogens with one attached hydrogen (secondary N) is 1. The lowest BCUT2D eigenvalue weighted by atomic mass is 9.96. The van der Waals surface area contributed by atoms with Crippen LogP contribution in [0.25, 0.3) is 0 Å². The molecule has 3 rings (SSSR count). The van der Waals surface area contributed by atoms with E-state index in [0.29, 0.717) is 22.3 Å². The molecule has 134 valence electrons. The summed E-state index contributed by atoms with van der Waals surface area (Å²) in [7, 11) is 1.60.